The minimum Gasteiger partial charge on any atom is -0.497 e. The number of hydrogen-bond acceptors (Lipinski definition) is 6. The summed E-state index contributed by atoms with van der Waals surface area (Å²) in [6.45, 7) is 4.95. The maximum Gasteiger partial charge on any atom is 0.225 e. The van der Waals surface area contributed by atoms with Crippen molar-refractivity contribution in [2.75, 3.05) is 32.6 Å². The fourth-order valence-corrected chi connectivity index (χ4v) is 4.23. The number of aryl methyl sites for hydroxylation is 1. The molecule has 4 rings (SSSR count). The van der Waals surface area contributed by atoms with Gasteiger partial charge >= 0.3 is 0 Å². The molecule has 7 heteroatoms. The first kappa shape index (κ1) is 21.3. The summed E-state index contributed by atoms with van der Waals surface area (Å²) in [5.74, 6) is 1.60. The normalized spacial score (nSPS) is 17.0. The van der Waals surface area contributed by atoms with E-state index in [0.29, 0.717) is 0 Å². The Balaban J connectivity index is 1.72. The molecule has 3 aromatic rings. The average Bonchev–Trinajstić information content (AvgIpc) is 3.27. The van der Waals surface area contributed by atoms with Crippen molar-refractivity contribution in [2.45, 2.75) is 45.3 Å². The van der Waals surface area contributed by atoms with E-state index in [0.717, 1.165) is 54.6 Å². The van der Waals surface area contributed by atoms with Crippen LogP contribution in [0.25, 0.3) is 11.1 Å². The number of hydrogen-bond donors (Lipinski definition) is 0. The number of likely N-dealkylation sites (tertiary alicyclic amines) is 1. The quantitative estimate of drug-likeness (QED) is 0.572. The highest BCUT2D eigenvalue weighted by molar-refractivity contribution is 5.67. The lowest BCUT2D eigenvalue weighted by molar-refractivity contribution is 0.137. The zero-order chi connectivity index (χ0) is 21.8. The van der Waals surface area contributed by atoms with Gasteiger partial charge in [0.15, 0.2) is 0 Å². The van der Waals surface area contributed by atoms with E-state index in [2.05, 4.69) is 40.2 Å². The molecule has 31 heavy (non-hydrogen) atoms. The number of ether oxygens (including phenoxy) is 1. The number of aromatic nitrogens is 4. The Morgan fingerprint density at radius 2 is 1.94 bits per heavy atom. The molecule has 1 aliphatic heterocycles. The molecule has 0 spiro atoms. The van der Waals surface area contributed by atoms with Gasteiger partial charge in [0.2, 0.25) is 5.95 Å². The maximum atomic E-state index is 5.34. The highest BCUT2D eigenvalue weighted by atomic mass is 16.5. The second kappa shape index (κ2) is 9.47. The van der Waals surface area contributed by atoms with E-state index in [9.17, 15) is 0 Å². The Bertz CT molecular complexity index is 998. The SMILES string of the molecule is CCn1cc(CN2CCCC[C@@H]2c2nc(N(C)C)ncc2-c2ccc(OC)cc2)cn1. The minimum absolute atomic E-state index is 0.248. The van der Waals surface area contributed by atoms with Gasteiger partial charge in [0.25, 0.3) is 0 Å². The molecular weight excluding hydrogens is 388 g/mol. The van der Waals surface area contributed by atoms with Crippen LogP contribution in [-0.2, 0) is 13.1 Å². The molecule has 1 aliphatic rings. The molecule has 7 nitrogen and oxygen atoms in total. The number of piperidine rings is 1. The van der Waals surface area contributed by atoms with Crippen LogP contribution >= 0.6 is 0 Å². The predicted octanol–water partition coefficient (Wildman–Crippen LogP) is 4.16. The summed E-state index contributed by atoms with van der Waals surface area (Å²) >= 11 is 0. The van der Waals surface area contributed by atoms with E-state index in [1.165, 1.54) is 18.4 Å². The Morgan fingerprint density at radius 1 is 1.13 bits per heavy atom. The number of nitrogens with zero attached hydrogens (tertiary/aromatic N) is 6. The van der Waals surface area contributed by atoms with E-state index >= 15 is 0 Å². The lowest BCUT2D eigenvalue weighted by Gasteiger charge is -2.36. The van der Waals surface area contributed by atoms with Crippen LogP contribution < -0.4 is 9.64 Å². The second-order valence-corrected chi connectivity index (χ2v) is 8.28. The van der Waals surface area contributed by atoms with E-state index in [1.807, 2.05) is 48.2 Å². The summed E-state index contributed by atoms with van der Waals surface area (Å²) in [6, 6.07) is 8.43. The predicted molar refractivity (Wildman–Crippen MR) is 123 cm³/mol. The van der Waals surface area contributed by atoms with Gasteiger partial charge in [-0.2, -0.15) is 5.10 Å². The molecule has 3 heterocycles. The summed E-state index contributed by atoms with van der Waals surface area (Å²) in [4.78, 5) is 14.2. The summed E-state index contributed by atoms with van der Waals surface area (Å²) in [7, 11) is 5.67. The third-order valence-electron chi connectivity index (χ3n) is 5.93. The van der Waals surface area contributed by atoms with Gasteiger partial charge in [-0.3, -0.25) is 9.58 Å². The standard InChI is InChI=1S/C24H32N6O/c1-5-30-17-18(14-26-30)16-29-13-7-6-8-22(29)23-21(15-25-24(27-23)28(2)3)19-9-11-20(31-4)12-10-19/h9-12,14-15,17,22H,5-8,13,16H2,1-4H3/t22-/m1/s1. The molecule has 0 saturated carbocycles. The van der Waals surface area contributed by atoms with Gasteiger partial charge in [-0.05, 0) is 44.0 Å². The van der Waals surface area contributed by atoms with Crippen molar-refractivity contribution < 1.29 is 4.74 Å². The van der Waals surface area contributed by atoms with Crippen molar-refractivity contribution in [2.24, 2.45) is 0 Å². The molecule has 0 N–H and O–H groups in total. The van der Waals surface area contributed by atoms with E-state index in [4.69, 9.17) is 9.72 Å². The first-order valence-corrected chi connectivity index (χ1v) is 11.0. The Labute approximate surface area is 184 Å². The molecule has 1 saturated heterocycles. The van der Waals surface area contributed by atoms with Crippen LogP contribution in [0.1, 0.15) is 43.5 Å². The van der Waals surface area contributed by atoms with E-state index in [-0.39, 0.29) is 6.04 Å². The molecular formula is C24H32N6O. The molecule has 0 bridgehead atoms. The van der Waals surface area contributed by atoms with Crippen LogP contribution in [0.15, 0.2) is 42.9 Å². The molecule has 1 aromatic carbocycles. The van der Waals surface area contributed by atoms with Crippen molar-refractivity contribution in [3.63, 3.8) is 0 Å². The molecule has 1 atom stereocenters. The fourth-order valence-electron chi connectivity index (χ4n) is 4.23. The zero-order valence-corrected chi connectivity index (χ0v) is 19.0. The summed E-state index contributed by atoms with van der Waals surface area (Å²) in [6.07, 6.45) is 9.63. The van der Waals surface area contributed by atoms with Gasteiger partial charge in [0.05, 0.1) is 25.0 Å². The van der Waals surface area contributed by atoms with Crippen LogP contribution in [0.2, 0.25) is 0 Å². The Kier molecular flexibility index (Phi) is 6.51. The monoisotopic (exact) mass is 420 g/mol. The Morgan fingerprint density at radius 3 is 2.61 bits per heavy atom. The summed E-state index contributed by atoms with van der Waals surface area (Å²) in [5.41, 5.74) is 4.56. The Hall–Kier alpha value is -2.93. The van der Waals surface area contributed by atoms with Crippen molar-refractivity contribution in [3.05, 3.63) is 54.1 Å². The van der Waals surface area contributed by atoms with Crippen LogP contribution in [0.4, 0.5) is 5.95 Å². The second-order valence-electron chi connectivity index (χ2n) is 8.28. The summed E-state index contributed by atoms with van der Waals surface area (Å²) < 4.78 is 7.33. The van der Waals surface area contributed by atoms with Gasteiger partial charge in [0.1, 0.15) is 5.75 Å². The lowest BCUT2D eigenvalue weighted by atomic mass is 9.93. The summed E-state index contributed by atoms with van der Waals surface area (Å²) in [5, 5.41) is 4.46. The van der Waals surface area contributed by atoms with Gasteiger partial charge in [-0.1, -0.05) is 18.6 Å². The van der Waals surface area contributed by atoms with Crippen LogP contribution in [0, 0.1) is 0 Å². The van der Waals surface area contributed by atoms with Gasteiger partial charge in [0, 0.05) is 50.7 Å². The van der Waals surface area contributed by atoms with Crippen LogP contribution in [0.3, 0.4) is 0 Å². The smallest absolute Gasteiger partial charge is 0.225 e. The molecule has 0 aliphatic carbocycles. The van der Waals surface area contributed by atoms with Crippen LogP contribution in [-0.4, -0.2) is 52.4 Å². The highest BCUT2D eigenvalue weighted by Gasteiger charge is 2.29. The number of anilines is 1. The topological polar surface area (TPSA) is 59.3 Å². The molecule has 0 radical (unpaired) electrons. The number of benzene rings is 1. The first-order chi connectivity index (χ1) is 15.1. The zero-order valence-electron chi connectivity index (χ0n) is 19.0. The number of methoxy groups -OCH3 is 1. The number of rotatable bonds is 7. The van der Waals surface area contributed by atoms with Crippen molar-refractivity contribution in [1.82, 2.24) is 24.6 Å². The van der Waals surface area contributed by atoms with Crippen molar-refractivity contribution in [1.29, 1.82) is 0 Å². The van der Waals surface area contributed by atoms with Gasteiger partial charge < -0.3 is 9.64 Å². The largest absolute Gasteiger partial charge is 0.497 e. The molecule has 0 amide bonds. The molecule has 2 aromatic heterocycles. The molecule has 164 valence electrons. The molecule has 0 unspecified atom stereocenters. The molecule has 1 fully saturated rings. The third-order valence-corrected chi connectivity index (χ3v) is 5.93. The van der Waals surface area contributed by atoms with Crippen molar-refractivity contribution in [3.8, 4) is 16.9 Å². The minimum atomic E-state index is 0.248. The first-order valence-electron chi connectivity index (χ1n) is 11.0. The highest BCUT2D eigenvalue weighted by Crippen LogP contribution is 2.37. The van der Waals surface area contributed by atoms with Crippen LogP contribution in [0.5, 0.6) is 5.75 Å². The van der Waals surface area contributed by atoms with E-state index < -0.39 is 0 Å². The fraction of sp³-hybridized carbons (Fsp3) is 0.458. The van der Waals surface area contributed by atoms with E-state index in [1.54, 1.807) is 7.11 Å². The third kappa shape index (κ3) is 4.71. The van der Waals surface area contributed by atoms with Crippen molar-refractivity contribution >= 4 is 5.95 Å². The van der Waals surface area contributed by atoms with Gasteiger partial charge in [-0.25, -0.2) is 9.97 Å². The maximum absolute atomic E-state index is 5.34. The lowest BCUT2D eigenvalue weighted by Crippen LogP contribution is -2.34. The average molecular weight is 421 g/mol. The van der Waals surface area contributed by atoms with Gasteiger partial charge in [-0.15, -0.1) is 0 Å².